The lowest BCUT2D eigenvalue weighted by atomic mass is 10.1. The Hall–Kier alpha value is -1.79. The van der Waals surface area contributed by atoms with Crippen LogP contribution in [0.15, 0.2) is 23.2 Å². The number of unbranched alkanes of at least 4 members (excludes halogenated alkanes) is 1. The van der Waals surface area contributed by atoms with Gasteiger partial charge in [-0.3, -0.25) is 9.89 Å². The summed E-state index contributed by atoms with van der Waals surface area (Å²) in [6.07, 6.45) is 3.39. The van der Waals surface area contributed by atoms with Gasteiger partial charge >= 0.3 is 0 Å². The van der Waals surface area contributed by atoms with Crippen molar-refractivity contribution in [1.29, 1.82) is 0 Å². The Morgan fingerprint density at radius 1 is 1.21 bits per heavy atom. The molecule has 0 bridgehead atoms. The third-order valence-corrected chi connectivity index (χ3v) is 5.14. The van der Waals surface area contributed by atoms with E-state index in [2.05, 4.69) is 59.5 Å². The van der Waals surface area contributed by atoms with Crippen molar-refractivity contribution in [3.05, 3.63) is 29.3 Å². The summed E-state index contributed by atoms with van der Waals surface area (Å²) in [5.41, 5.74) is 2.38. The first kappa shape index (κ1) is 23.5. The Morgan fingerprint density at radius 2 is 2.00 bits per heavy atom. The average molecular weight is 405 g/mol. The van der Waals surface area contributed by atoms with Gasteiger partial charge in [0.1, 0.15) is 5.75 Å². The first-order valence-electron chi connectivity index (χ1n) is 11.1. The Labute approximate surface area is 177 Å². The quantitative estimate of drug-likeness (QED) is 0.337. The Balaban J connectivity index is 1.71. The molecule has 164 valence electrons. The van der Waals surface area contributed by atoms with E-state index < -0.39 is 0 Å². The highest BCUT2D eigenvalue weighted by Gasteiger charge is 2.09. The molecule has 6 heteroatoms. The van der Waals surface area contributed by atoms with E-state index in [1.165, 1.54) is 12.0 Å². The zero-order chi connectivity index (χ0) is 20.9. The molecule has 0 atom stereocenters. The first-order valence-corrected chi connectivity index (χ1v) is 11.1. The molecule has 1 fully saturated rings. The molecule has 1 heterocycles. The van der Waals surface area contributed by atoms with Crippen molar-refractivity contribution in [3.63, 3.8) is 0 Å². The predicted octanol–water partition coefficient (Wildman–Crippen LogP) is 3.20. The van der Waals surface area contributed by atoms with Crippen molar-refractivity contribution in [2.75, 3.05) is 53.0 Å². The van der Waals surface area contributed by atoms with E-state index in [0.29, 0.717) is 12.5 Å². The molecule has 0 saturated carbocycles. The number of morpholine rings is 1. The van der Waals surface area contributed by atoms with Crippen LogP contribution in [0.3, 0.4) is 0 Å². The van der Waals surface area contributed by atoms with Crippen molar-refractivity contribution >= 4 is 5.96 Å². The Kier molecular flexibility index (Phi) is 10.9. The van der Waals surface area contributed by atoms with E-state index >= 15 is 0 Å². The highest BCUT2D eigenvalue weighted by molar-refractivity contribution is 5.79. The van der Waals surface area contributed by atoms with Gasteiger partial charge in [-0.1, -0.05) is 26.0 Å². The summed E-state index contributed by atoms with van der Waals surface area (Å²) in [4.78, 5) is 6.83. The summed E-state index contributed by atoms with van der Waals surface area (Å²) in [5.74, 6) is 2.46. The predicted molar refractivity (Wildman–Crippen MR) is 121 cm³/mol. The average Bonchev–Trinajstić information content (AvgIpc) is 2.71. The molecule has 2 rings (SSSR count). The molecule has 1 aliphatic heterocycles. The fourth-order valence-corrected chi connectivity index (χ4v) is 3.24. The Morgan fingerprint density at radius 3 is 2.72 bits per heavy atom. The SMILES string of the molecule is CN=C(NCCCCN1CCOCC1)NCc1ccc(C)cc1OCCC(C)C. The van der Waals surface area contributed by atoms with Gasteiger partial charge in [0.05, 0.1) is 19.8 Å². The van der Waals surface area contributed by atoms with Gasteiger partial charge in [0, 0.05) is 38.8 Å². The van der Waals surface area contributed by atoms with E-state index in [4.69, 9.17) is 9.47 Å². The van der Waals surface area contributed by atoms with Gasteiger partial charge in [0.15, 0.2) is 5.96 Å². The number of aliphatic imine (C=N–C) groups is 1. The van der Waals surface area contributed by atoms with Crippen LogP contribution in [-0.4, -0.2) is 63.9 Å². The van der Waals surface area contributed by atoms with Gasteiger partial charge in [0.25, 0.3) is 0 Å². The van der Waals surface area contributed by atoms with Crippen LogP contribution in [0.25, 0.3) is 0 Å². The van der Waals surface area contributed by atoms with Crippen LogP contribution in [0.2, 0.25) is 0 Å². The second-order valence-electron chi connectivity index (χ2n) is 8.16. The molecule has 29 heavy (non-hydrogen) atoms. The van der Waals surface area contributed by atoms with Gasteiger partial charge in [-0.15, -0.1) is 0 Å². The molecule has 0 aliphatic carbocycles. The second kappa shape index (κ2) is 13.4. The minimum absolute atomic E-state index is 0.646. The molecule has 6 nitrogen and oxygen atoms in total. The lowest BCUT2D eigenvalue weighted by Crippen LogP contribution is -2.38. The normalized spacial score (nSPS) is 15.6. The van der Waals surface area contributed by atoms with Crippen molar-refractivity contribution < 1.29 is 9.47 Å². The van der Waals surface area contributed by atoms with Crippen LogP contribution in [0.4, 0.5) is 0 Å². The van der Waals surface area contributed by atoms with Crippen LogP contribution in [-0.2, 0) is 11.3 Å². The van der Waals surface area contributed by atoms with Crippen LogP contribution < -0.4 is 15.4 Å². The van der Waals surface area contributed by atoms with Crippen molar-refractivity contribution in [3.8, 4) is 5.75 Å². The van der Waals surface area contributed by atoms with Gasteiger partial charge in [0.2, 0.25) is 0 Å². The maximum absolute atomic E-state index is 6.05. The topological polar surface area (TPSA) is 58.1 Å². The second-order valence-corrected chi connectivity index (χ2v) is 8.16. The number of hydrogen-bond acceptors (Lipinski definition) is 4. The number of guanidine groups is 1. The summed E-state index contributed by atoms with van der Waals surface area (Å²) in [5, 5.41) is 6.84. The monoisotopic (exact) mass is 404 g/mol. The van der Waals surface area contributed by atoms with E-state index in [9.17, 15) is 0 Å². The molecule has 2 N–H and O–H groups in total. The van der Waals surface area contributed by atoms with Crippen molar-refractivity contribution in [1.82, 2.24) is 15.5 Å². The highest BCUT2D eigenvalue weighted by Crippen LogP contribution is 2.21. The van der Waals surface area contributed by atoms with E-state index in [1.807, 2.05) is 7.05 Å². The fraction of sp³-hybridized carbons (Fsp3) is 0.696. The van der Waals surface area contributed by atoms with Gasteiger partial charge in [-0.2, -0.15) is 0 Å². The summed E-state index contributed by atoms with van der Waals surface area (Å²) in [6, 6.07) is 6.40. The van der Waals surface area contributed by atoms with E-state index in [1.54, 1.807) is 0 Å². The van der Waals surface area contributed by atoms with Crippen LogP contribution in [0.1, 0.15) is 44.2 Å². The van der Waals surface area contributed by atoms with Gasteiger partial charge in [-0.25, -0.2) is 0 Å². The van der Waals surface area contributed by atoms with Crippen molar-refractivity contribution in [2.45, 2.75) is 46.6 Å². The molecule has 0 radical (unpaired) electrons. The lowest BCUT2D eigenvalue weighted by molar-refractivity contribution is 0.0372. The highest BCUT2D eigenvalue weighted by atomic mass is 16.5. The molecular weight excluding hydrogens is 364 g/mol. The number of aryl methyl sites for hydroxylation is 1. The minimum Gasteiger partial charge on any atom is -0.493 e. The third-order valence-electron chi connectivity index (χ3n) is 5.14. The molecule has 0 spiro atoms. The largest absolute Gasteiger partial charge is 0.493 e. The van der Waals surface area contributed by atoms with E-state index in [0.717, 1.165) is 76.1 Å². The zero-order valence-electron chi connectivity index (χ0n) is 18.8. The molecule has 1 saturated heterocycles. The summed E-state index contributed by atoms with van der Waals surface area (Å²) >= 11 is 0. The lowest BCUT2D eigenvalue weighted by Gasteiger charge is -2.26. The summed E-state index contributed by atoms with van der Waals surface area (Å²) < 4.78 is 11.4. The van der Waals surface area contributed by atoms with Crippen LogP contribution in [0, 0.1) is 12.8 Å². The third kappa shape index (κ3) is 9.50. The van der Waals surface area contributed by atoms with Gasteiger partial charge < -0.3 is 20.1 Å². The Bertz CT molecular complexity index is 613. The number of nitrogens with zero attached hydrogens (tertiary/aromatic N) is 2. The molecule has 0 amide bonds. The number of rotatable bonds is 11. The summed E-state index contributed by atoms with van der Waals surface area (Å²) in [6.45, 7) is 13.9. The fourth-order valence-electron chi connectivity index (χ4n) is 3.24. The standard InChI is InChI=1S/C23H40N4O2/c1-19(2)9-14-29-22-17-20(3)7-8-21(22)18-26-23(24-4)25-10-5-6-11-27-12-15-28-16-13-27/h7-8,17,19H,5-6,9-16,18H2,1-4H3,(H2,24,25,26). The van der Waals surface area contributed by atoms with Crippen LogP contribution >= 0.6 is 0 Å². The molecular formula is C23H40N4O2. The number of hydrogen-bond donors (Lipinski definition) is 2. The molecule has 0 aromatic heterocycles. The van der Waals surface area contributed by atoms with E-state index in [-0.39, 0.29) is 0 Å². The maximum atomic E-state index is 6.05. The first-order chi connectivity index (χ1) is 14.1. The summed E-state index contributed by atoms with van der Waals surface area (Å²) in [7, 11) is 1.82. The smallest absolute Gasteiger partial charge is 0.191 e. The number of nitrogens with one attached hydrogen (secondary N) is 2. The molecule has 0 unspecified atom stereocenters. The molecule has 1 aromatic rings. The number of ether oxygens (including phenoxy) is 2. The molecule has 1 aliphatic rings. The maximum Gasteiger partial charge on any atom is 0.191 e. The zero-order valence-corrected chi connectivity index (χ0v) is 18.8. The minimum atomic E-state index is 0.646. The van der Waals surface area contributed by atoms with Gasteiger partial charge in [-0.05, 0) is 50.3 Å². The number of benzene rings is 1. The van der Waals surface area contributed by atoms with Crippen molar-refractivity contribution in [2.24, 2.45) is 10.9 Å². The molecule has 1 aromatic carbocycles. The van der Waals surface area contributed by atoms with Crippen LogP contribution in [0.5, 0.6) is 5.75 Å².